The second kappa shape index (κ2) is 6.43. The number of nitrogen functional groups attached to an aromatic ring is 1. The number of likely N-dealkylation sites (N-methyl/N-ethyl adjacent to an activating group) is 1. The van der Waals surface area contributed by atoms with Crippen LogP contribution in [0.4, 0.5) is 11.4 Å². The van der Waals surface area contributed by atoms with Gasteiger partial charge in [0.1, 0.15) is 6.54 Å². The molecule has 2 aromatic rings. The molecule has 1 amide bonds. The number of benzene rings is 1. The molecule has 21 heavy (non-hydrogen) atoms. The zero-order valence-corrected chi connectivity index (χ0v) is 12.8. The van der Waals surface area contributed by atoms with Crippen molar-refractivity contribution in [1.29, 1.82) is 0 Å². The summed E-state index contributed by atoms with van der Waals surface area (Å²) in [5.74, 6) is 0.000208. The minimum absolute atomic E-state index is 0.000208. The van der Waals surface area contributed by atoms with Crippen molar-refractivity contribution in [2.24, 2.45) is 0 Å². The fourth-order valence-electron chi connectivity index (χ4n) is 2.19. The number of nitrogens with zero attached hydrogens (tertiary/aromatic N) is 3. The third-order valence-electron chi connectivity index (χ3n) is 3.58. The minimum atomic E-state index is 0.000208. The van der Waals surface area contributed by atoms with Crippen molar-refractivity contribution in [3.63, 3.8) is 0 Å². The minimum Gasteiger partial charge on any atom is -0.399 e. The predicted octanol–water partition coefficient (Wildman–Crippen LogP) is 2.25. The van der Waals surface area contributed by atoms with Crippen molar-refractivity contribution in [3.05, 3.63) is 41.7 Å². The Kier molecular flexibility index (Phi) is 4.62. The summed E-state index contributed by atoms with van der Waals surface area (Å²) in [5, 5.41) is 4.48. The van der Waals surface area contributed by atoms with E-state index in [0.29, 0.717) is 5.69 Å². The number of rotatable bonds is 5. The molecule has 0 unspecified atom stereocenters. The Bertz CT molecular complexity index is 616. The molecule has 2 rings (SSSR count). The highest BCUT2D eigenvalue weighted by molar-refractivity contribution is 5.92. The van der Waals surface area contributed by atoms with Crippen molar-refractivity contribution in [2.75, 3.05) is 17.7 Å². The first-order chi connectivity index (χ1) is 10.0. The molecular weight excluding hydrogens is 264 g/mol. The molecule has 112 valence electrons. The number of carbonyl (C=O) groups is 1. The van der Waals surface area contributed by atoms with E-state index in [2.05, 4.69) is 25.0 Å². The van der Waals surface area contributed by atoms with Gasteiger partial charge in [0.2, 0.25) is 5.91 Å². The Morgan fingerprint density at radius 3 is 2.48 bits per heavy atom. The lowest BCUT2D eigenvalue weighted by Gasteiger charge is -2.18. The van der Waals surface area contributed by atoms with Crippen LogP contribution in [0.5, 0.6) is 0 Å². The van der Waals surface area contributed by atoms with Crippen LogP contribution in [0.3, 0.4) is 0 Å². The topological polar surface area (TPSA) is 64.2 Å². The molecule has 0 spiro atoms. The number of aromatic nitrogens is 2. The van der Waals surface area contributed by atoms with Crippen LogP contribution in [0.15, 0.2) is 30.3 Å². The number of amides is 1. The average Bonchev–Trinajstić information content (AvgIpc) is 2.89. The Labute approximate surface area is 125 Å². The smallest absolute Gasteiger partial charge is 0.248 e. The van der Waals surface area contributed by atoms with Gasteiger partial charge in [0.05, 0.1) is 5.69 Å². The molecule has 0 aliphatic carbocycles. The van der Waals surface area contributed by atoms with Gasteiger partial charge >= 0.3 is 0 Å². The van der Waals surface area contributed by atoms with E-state index in [1.807, 2.05) is 12.1 Å². The molecule has 1 heterocycles. The van der Waals surface area contributed by atoms with Gasteiger partial charge in [0, 0.05) is 24.1 Å². The molecule has 0 aliphatic rings. The van der Waals surface area contributed by atoms with E-state index < -0.39 is 0 Å². The van der Waals surface area contributed by atoms with E-state index in [9.17, 15) is 4.79 Å². The summed E-state index contributed by atoms with van der Waals surface area (Å²) in [5.41, 5.74) is 9.29. The molecule has 2 N–H and O–H groups in total. The first-order valence-corrected chi connectivity index (χ1v) is 7.22. The van der Waals surface area contributed by atoms with Crippen LogP contribution in [0.2, 0.25) is 0 Å². The number of hydrogen-bond acceptors (Lipinski definition) is 3. The summed E-state index contributed by atoms with van der Waals surface area (Å²) in [6, 6.07) is 9.33. The van der Waals surface area contributed by atoms with E-state index in [1.54, 1.807) is 28.8 Å². The number of hydrogen-bond donors (Lipinski definition) is 1. The maximum atomic E-state index is 12.4. The first kappa shape index (κ1) is 15.1. The highest BCUT2D eigenvalue weighted by Gasteiger charge is 2.14. The van der Waals surface area contributed by atoms with Gasteiger partial charge in [-0.1, -0.05) is 13.8 Å². The molecule has 0 saturated heterocycles. The average molecular weight is 286 g/mol. The molecular formula is C16H22N4O. The fraction of sp³-hybridized carbons (Fsp3) is 0.375. The predicted molar refractivity (Wildman–Crippen MR) is 85.2 cm³/mol. The van der Waals surface area contributed by atoms with Crippen LogP contribution >= 0.6 is 0 Å². The molecule has 0 atom stereocenters. The van der Waals surface area contributed by atoms with Crippen LogP contribution in [-0.4, -0.2) is 22.7 Å². The van der Waals surface area contributed by atoms with Crippen molar-refractivity contribution in [1.82, 2.24) is 9.78 Å². The van der Waals surface area contributed by atoms with E-state index in [4.69, 9.17) is 5.73 Å². The Morgan fingerprint density at radius 1 is 1.24 bits per heavy atom. The van der Waals surface area contributed by atoms with E-state index in [-0.39, 0.29) is 12.5 Å². The van der Waals surface area contributed by atoms with Gasteiger partial charge in [-0.2, -0.15) is 5.10 Å². The summed E-state index contributed by atoms with van der Waals surface area (Å²) in [7, 11) is 1.77. The zero-order chi connectivity index (χ0) is 15.4. The highest BCUT2D eigenvalue weighted by Crippen LogP contribution is 2.16. The van der Waals surface area contributed by atoms with Crippen molar-refractivity contribution in [2.45, 2.75) is 33.2 Å². The van der Waals surface area contributed by atoms with Crippen LogP contribution in [0.1, 0.15) is 25.2 Å². The quantitative estimate of drug-likeness (QED) is 0.857. The van der Waals surface area contributed by atoms with Crippen LogP contribution in [0.25, 0.3) is 0 Å². The molecule has 0 radical (unpaired) electrons. The SMILES string of the molecule is CCc1cc(CC)n(CC(=O)N(C)c2ccc(N)cc2)n1. The third kappa shape index (κ3) is 3.42. The van der Waals surface area contributed by atoms with Crippen molar-refractivity contribution >= 4 is 17.3 Å². The standard InChI is InChI=1S/C16H22N4O/c1-4-13-10-14(5-2)20(18-13)11-16(21)19(3)15-8-6-12(17)7-9-15/h6-10H,4-5,11,17H2,1-3H3. The van der Waals surface area contributed by atoms with Crippen molar-refractivity contribution < 1.29 is 4.79 Å². The van der Waals surface area contributed by atoms with Crippen LogP contribution < -0.4 is 10.6 Å². The largest absolute Gasteiger partial charge is 0.399 e. The monoisotopic (exact) mass is 286 g/mol. The molecule has 1 aromatic carbocycles. The maximum absolute atomic E-state index is 12.4. The van der Waals surface area contributed by atoms with Gasteiger partial charge in [0.15, 0.2) is 0 Å². The second-order valence-electron chi connectivity index (χ2n) is 5.04. The van der Waals surface area contributed by atoms with Crippen LogP contribution in [-0.2, 0) is 24.2 Å². The molecule has 0 bridgehead atoms. The zero-order valence-electron chi connectivity index (χ0n) is 12.8. The lowest BCUT2D eigenvalue weighted by molar-refractivity contribution is -0.119. The number of carbonyl (C=O) groups excluding carboxylic acids is 1. The van der Waals surface area contributed by atoms with Gasteiger partial charge < -0.3 is 10.6 Å². The van der Waals surface area contributed by atoms with Crippen LogP contribution in [0, 0.1) is 0 Å². The molecule has 0 aliphatic heterocycles. The lowest BCUT2D eigenvalue weighted by Crippen LogP contribution is -2.30. The summed E-state index contributed by atoms with van der Waals surface area (Å²) in [4.78, 5) is 14.0. The molecule has 5 heteroatoms. The molecule has 1 aromatic heterocycles. The number of nitrogens with two attached hydrogens (primary N) is 1. The van der Waals surface area contributed by atoms with E-state index in [0.717, 1.165) is 29.9 Å². The van der Waals surface area contributed by atoms with Gasteiger partial charge in [0.25, 0.3) is 0 Å². The number of anilines is 2. The molecule has 5 nitrogen and oxygen atoms in total. The van der Waals surface area contributed by atoms with Gasteiger partial charge in [-0.05, 0) is 43.2 Å². The summed E-state index contributed by atoms with van der Waals surface area (Å²) in [6.07, 6.45) is 1.74. The summed E-state index contributed by atoms with van der Waals surface area (Å²) < 4.78 is 1.80. The second-order valence-corrected chi connectivity index (χ2v) is 5.04. The van der Waals surface area contributed by atoms with Gasteiger partial charge in [-0.25, -0.2) is 0 Å². The number of aryl methyl sites for hydroxylation is 2. The molecule has 0 fully saturated rings. The Morgan fingerprint density at radius 2 is 1.90 bits per heavy atom. The van der Waals surface area contributed by atoms with Gasteiger partial charge in [-0.15, -0.1) is 0 Å². The maximum Gasteiger partial charge on any atom is 0.248 e. The Hall–Kier alpha value is -2.30. The van der Waals surface area contributed by atoms with Crippen molar-refractivity contribution in [3.8, 4) is 0 Å². The third-order valence-corrected chi connectivity index (χ3v) is 3.58. The summed E-state index contributed by atoms with van der Waals surface area (Å²) in [6.45, 7) is 4.39. The fourth-order valence-corrected chi connectivity index (χ4v) is 2.19. The molecule has 0 saturated carbocycles. The highest BCUT2D eigenvalue weighted by atomic mass is 16.2. The normalized spacial score (nSPS) is 10.6. The summed E-state index contributed by atoms with van der Waals surface area (Å²) >= 11 is 0. The van der Waals surface area contributed by atoms with E-state index in [1.165, 1.54) is 0 Å². The Balaban J connectivity index is 2.13. The van der Waals surface area contributed by atoms with Gasteiger partial charge in [-0.3, -0.25) is 9.48 Å². The first-order valence-electron chi connectivity index (χ1n) is 7.22. The lowest BCUT2D eigenvalue weighted by atomic mass is 10.2. The van der Waals surface area contributed by atoms with E-state index >= 15 is 0 Å².